The van der Waals surface area contributed by atoms with Crippen molar-refractivity contribution in [2.45, 2.75) is 51.1 Å². The van der Waals surface area contributed by atoms with E-state index in [1.807, 2.05) is 0 Å². The van der Waals surface area contributed by atoms with Gasteiger partial charge in [0.15, 0.2) is 6.10 Å². The normalized spacial score (nSPS) is 16.9. The molecular formula is C12H22O8. The predicted octanol–water partition coefficient (Wildman–Crippen LogP) is -1.66. The highest BCUT2D eigenvalue weighted by atomic mass is 16.6. The lowest BCUT2D eigenvalue weighted by molar-refractivity contribution is -0.179. The van der Waals surface area contributed by atoms with Gasteiger partial charge in [0.05, 0.1) is 6.61 Å². The third-order valence-corrected chi connectivity index (χ3v) is 2.56. The standard InChI is InChI=1S/C12H22O8/c1-3-9(16)19-6-8(15)11(18)12(7(14)5-13)20-10(17)4-2/h7-8,11-15,18H,3-6H2,1-2H3/t7-,8+,11-,12-/m0/s1. The summed E-state index contributed by atoms with van der Waals surface area (Å²) in [6.45, 7) is 1.80. The van der Waals surface area contributed by atoms with Gasteiger partial charge in [-0.05, 0) is 0 Å². The van der Waals surface area contributed by atoms with Crippen molar-refractivity contribution in [1.29, 1.82) is 0 Å². The molecular weight excluding hydrogens is 272 g/mol. The van der Waals surface area contributed by atoms with Crippen molar-refractivity contribution in [2.75, 3.05) is 13.2 Å². The number of aliphatic hydroxyl groups excluding tert-OH is 4. The van der Waals surface area contributed by atoms with E-state index in [9.17, 15) is 24.9 Å². The van der Waals surface area contributed by atoms with Crippen molar-refractivity contribution in [3.05, 3.63) is 0 Å². The van der Waals surface area contributed by atoms with Gasteiger partial charge in [0.1, 0.15) is 24.9 Å². The van der Waals surface area contributed by atoms with Crippen LogP contribution in [0, 0.1) is 0 Å². The summed E-state index contributed by atoms with van der Waals surface area (Å²) in [4.78, 5) is 22.1. The van der Waals surface area contributed by atoms with E-state index in [1.165, 1.54) is 6.92 Å². The molecule has 0 bridgehead atoms. The Hall–Kier alpha value is -1.22. The molecule has 0 saturated carbocycles. The van der Waals surface area contributed by atoms with Crippen LogP contribution >= 0.6 is 0 Å². The molecule has 20 heavy (non-hydrogen) atoms. The molecule has 0 aliphatic rings. The van der Waals surface area contributed by atoms with Gasteiger partial charge in [-0.15, -0.1) is 0 Å². The molecule has 4 N–H and O–H groups in total. The summed E-state index contributed by atoms with van der Waals surface area (Å²) in [7, 11) is 0. The fourth-order valence-corrected chi connectivity index (χ4v) is 1.31. The van der Waals surface area contributed by atoms with Crippen molar-refractivity contribution in [3.8, 4) is 0 Å². The maximum atomic E-state index is 11.2. The molecule has 0 heterocycles. The average molecular weight is 294 g/mol. The van der Waals surface area contributed by atoms with Crippen molar-refractivity contribution in [3.63, 3.8) is 0 Å². The maximum Gasteiger partial charge on any atom is 0.305 e. The van der Waals surface area contributed by atoms with E-state index in [0.29, 0.717) is 0 Å². The van der Waals surface area contributed by atoms with E-state index in [2.05, 4.69) is 4.74 Å². The van der Waals surface area contributed by atoms with Crippen LogP contribution in [-0.4, -0.2) is 70.0 Å². The molecule has 0 saturated heterocycles. The minimum absolute atomic E-state index is 0.00227. The van der Waals surface area contributed by atoms with Crippen LogP contribution in [0.2, 0.25) is 0 Å². The molecule has 0 spiro atoms. The summed E-state index contributed by atoms with van der Waals surface area (Å²) >= 11 is 0. The smallest absolute Gasteiger partial charge is 0.305 e. The second-order valence-corrected chi connectivity index (χ2v) is 4.15. The van der Waals surface area contributed by atoms with Gasteiger partial charge in [0.2, 0.25) is 0 Å². The van der Waals surface area contributed by atoms with E-state index in [4.69, 9.17) is 9.84 Å². The highest BCUT2D eigenvalue weighted by molar-refractivity contribution is 5.69. The van der Waals surface area contributed by atoms with Crippen molar-refractivity contribution < 1.29 is 39.5 Å². The van der Waals surface area contributed by atoms with Crippen LogP contribution in [0.1, 0.15) is 26.7 Å². The van der Waals surface area contributed by atoms with Gasteiger partial charge in [0.25, 0.3) is 0 Å². The van der Waals surface area contributed by atoms with Gasteiger partial charge >= 0.3 is 11.9 Å². The van der Waals surface area contributed by atoms with Gasteiger partial charge in [-0.1, -0.05) is 13.8 Å². The van der Waals surface area contributed by atoms with Gasteiger partial charge in [-0.2, -0.15) is 0 Å². The summed E-state index contributed by atoms with van der Waals surface area (Å²) in [5, 5.41) is 37.8. The van der Waals surface area contributed by atoms with Gasteiger partial charge in [0, 0.05) is 12.8 Å². The molecule has 0 aromatic carbocycles. The first-order valence-electron chi connectivity index (χ1n) is 6.37. The summed E-state index contributed by atoms with van der Waals surface area (Å²) in [6, 6.07) is 0. The summed E-state index contributed by atoms with van der Waals surface area (Å²) < 4.78 is 9.40. The molecule has 4 atom stereocenters. The number of carbonyl (C=O) groups excluding carboxylic acids is 2. The molecule has 0 unspecified atom stereocenters. The lowest BCUT2D eigenvalue weighted by atomic mass is 10.0. The first-order chi connectivity index (χ1) is 9.37. The van der Waals surface area contributed by atoms with Crippen LogP contribution < -0.4 is 0 Å². The summed E-state index contributed by atoms with van der Waals surface area (Å²) in [6.07, 6.45) is -6.21. The molecule has 0 aliphatic heterocycles. The quantitative estimate of drug-likeness (QED) is 0.371. The minimum Gasteiger partial charge on any atom is -0.463 e. The Labute approximate surface area is 116 Å². The maximum absolute atomic E-state index is 11.2. The van der Waals surface area contributed by atoms with E-state index < -0.39 is 49.6 Å². The van der Waals surface area contributed by atoms with Crippen LogP contribution in [0.3, 0.4) is 0 Å². The largest absolute Gasteiger partial charge is 0.463 e. The number of esters is 2. The molecule has 0 radical (unpaired) electrons. The average Bonchev–Trinajstić information content (AvgIpc) is 2.47. The van der Waals surface area contributed by atoms with Gasteiger partial charge < -0.3 is 29.9 Å². The van der Waals surface area contributed by atoms with Gasteiger partial charge in [-0.3, -0.25) is 9.59 Å². The third-order valence-electron chi connectivity index (χ3n) is 2.56. The number of ether oxygens (including phenoxy) is 2. The number of hydrogen-bond donors (Lipinski definition) is 4. The Balaban J connectivity index is 4.62. The molecule has 0 rings (SSSR count). The molecule has 8 heteroatoms. The van der Waals surface area contributed by atoms with Crippen LogP contribution in [-0.2, 0) is 19.1 Å². The van der Waals surface area contributed by atoms with Crippen LogP contribution in [0.25, 0.3) is 0 Å². The van der Waals surface area contributed by atoms with E-state index in [0.717, 1.165) is 0 Å². The Morgan fingerprint density at radius 3 is 2.00 bits per heavy atom. The van der Waals surface area contributed by atoms with Crippen molar-refractivity contribution in [2.24, 2.45) is 0 Å². The van der Waals surface area contributed by atoms with E-state index in [1.54, 1.807) is 6.92 Å². The molecule has 0 aliphatic carbocycles. The second-order valence-electron chi connectivity index (χ2n) is 4.15. The fraction of sp³-hybridized carbons (Fsp3) is 0.833. The first-order valence-corrected chi connectivity index (χ1v) is 6.37. The second kappa shape index (κ2) is 9.65. The van der Waals surface area contributed by atoms with E-state index in [-0.39, 0.29) is 12.8 Å². The molecule has 0 aromatic rings. The van der Waals surface area contributed by atoms with Crippen LogP contribution in [0.15, 0.2) is 0 Å². The molecule has 0 aromatic heterocycles. The first kappa shape index (κ1) is 18.8. The monoisotopic (exact) mass is 294 g/mol. The number of hydrogen-bond acceptors (Lipinski definition) is 8. The molecule has 0 fully saturated rings. The zero-order valence-electron chi connectivity index (χ0n) is 11.6. The lowest BCUT2D eigenvalue weighted by Crippen LogP contribution is -2.49. The number of aliphatic hydroxyl groups is 4. The SMILES string of the molecule is CCC(=O)OC[C@@H](O)[C@H](O)[C@@H](OC(=O)CC)[C@@H](O)CO. The van der Waals surface area contributed by atoms with Gasteiger partial charge in [-0.25, -0.2) is 0 Å². The Bertz CT molecular complexity index is 306. The zero-order chi connectivity index (χ0) is 15.7. The number of carbonyl (C=O) groups is 2. The molecule has 118 valence electrons. The lowest BCUT2D eigenvalue weighted by Gasteiger charge is -2.29. The predicted molar refractivity (Wildman–Crippen MR) is 66.5 cm³/mol. The highest BCUT2D eigenvalue weighted by Gasteiger charge is 2.35. The Kier molecular flexibility index (Phi) is 9.06. The summed E-state index contributed by atoms with van der Waals surface area (Å²) in [5.41, 5.74) is 0. The van der Waals surface area contributed by atoms with Crippen molar-refractivity contribution in [1.82, 2.24) is 0 Å². The zero-order valence-corrected chi connectivity index (χ0v) is 11.6. The van der Waals surface area contributed by atoms with Crippen LogP contribution in [0.5, 0.6) is 0 Å². The minimum atomic E-state index is -1.70. The summed E-state index contributed by atoms with van der Waals surface area (Å²) in [5.74, 6) is -1.28. The fourth-order valence-electron chi connectivity index (χ4n) is 1.31. The Morgan fingerprint density at radius 2 is 1.55 bits per heavy atom. The molecule has 8 nitrogen and oxygen atoms in total. The number of rotatable bonds is 9. The van der Waals surface area contributed by atoms with E-state index >= 15 is 0 Å². The van der Waals surface area contributed by atoms with Crippen molar-refractivity contribution >= 4 is 11.9 Å². The highest BCUT2D eigenvalue weighted by Crippen LogP contribution is 2.11. The third kappa shape index (κ3) is 6.29. The van der Waals surface area contributed by atoms with Crippen LogP contribution in [0.4, 0.5) is 0 Å². The Morgan fingerprint density at radius 1 is 1.00 bits per heavy atom. The molecule has 0 amide bonds. The topological polar surface area (TPSA) is 134 Å².